The van der Waals surface area contributed by atoms with Crippen LogP contribution < -0.4 is 21.3 Å². The summed E-state index contributed by atoms with van der Waals surface area (Å²) in [6.45, 7) is -1.64. The monoisotopic (exact) mass is 436 g/mol. The van der Waals surface area contributed by atoms with Crippen molar-refractivity contribution in [2.24, 2.45) is 0 Å². The van der Waals surface area contributed by atoms with Crippen molar-refractivity contribution < 1.29 is 38.6 Å². The topological polar surface area (TPSA) is 180 Å². The van der Waals surface area contributed by atoms with Gasteiger partial charge in [-0.2, -0.15) is 0 Å². The number of esters is 1. The standard InChI is InChI=1S/C19H24N4O8/c24-14(20-8-16(26)22-10-18(28)29)6-7-15(25)21-9-17(27)23-11-19(30)31-12-13-4-2-1-3-5-13/h1-5H,6-12H2,(H,20,24)(H,21,25)(H,22,26)(H,23,27)(H,28,29). The van der Waals surface area contributed by atoms with Gasteiger partial charge in [0.15, 0.2) is 0 Å². The molecule has 0 heterocycles. The second-order valence-electron chi connectivity index (χ2n) is 6.15. The fourth-order valence-electron chi connectivity index (χ4n) is 2.02. The molecule has 0 saturated carbocycles. The van der Waals surface area contributed by atoms with Crippen LogP contribution in [-0.4, -0.2) is 66.9 Å². The third-order valence-electron chi connectivity index (χ3n) is 3.58. The lowest BCUT2D eigenvalue weighted by molar-refractivity contribution is -0.145. The summed E-state index contributed by atoms with van der Waals surface area (Å²) in [4.78, 5) is 68.0. The molecule has 0 aromatic heterocycles. The zero-order chi connectivity index (χ0) is 23.1. The van der Waals surface area contributed by atoms with Gasteiger partial charge in [0, 0.05) is 12.8 Å². The Hall–Kier alpha value is -3.96. The molecule has 0 saturated heterocycles. The first-order chi connectivity index (χ1) is 14.8. The summed E-state index contributed by atoms with van der Waals surface area (Å²) in [5, 5.41) is 17.3. The number of benzene rings is 1. The van der Waals surface area contributed by atoms with Gasteiger partial charge in [-0.25, -0.2) is 0 Å². The molecule has 12 nitrogen and oxygen atoms in total. The predicted molar refractivity (Wildman–Crippen MR) is 105 cm³/mol. The van der Waals surface area contributed by atoms with Crippen LogP contribution in [0.5, 0.6) is 0 Å². The number of hydrogen-bond donors (Lipinski definition) is 5. The Labute approximate surface area is 177 Å². The quantitative estimate of drug-likeness (QED) is 0.221. The Morgan fingerprint density at radius 3 is 1.68 bits per heavy atom. The maximum atomic E-state index is 11.7. The Balaban J connectivity index is 2.10. The van der Waals surface area contributed by atoms with E-state index in [2.05, 4.69) is 21.3 Å². The van der Waals surface area contributed by atoms with Crippen LogP contribution in [0.25, 0.3) is 0 Å². The van der Waals surface area contributed by atoms with Gasteiger partial charge in [-0.05, 0) is 5.56 Å². The van der Waals surface area contributed by atoms with Crippen molar-refractivity contribution in [2.45, 2.75) is 19.4 Å². The highest BCUT2D eigenvalue weighted by Crippen LogP contribution is 2.00. The lowest BCUT2D eigenvalue weighted by Gasteiger charge is -2.08. The van der Waals surface area contributed by atoms with Crippen LogP contribution in [-0.2, 0) is 40.1 Å². The van der Waals surface area contributed by atoms with E-state index in [-0.39, 0.29) is 32.5 Å². The van der Waals surface area contributed by atoms with Crippen LogP contribution in [0.1, 0.15) is 18.4 Å². The third kappa shape index (κ3) is 13.0. The van der Waals surface area contributed by atoms with E-state index in [0.717, 1.165) is 5.56 Å². The fraction of sp³-hybridized carbons (Fsp3) is 0.368. The van der Waals surface area contributed by atoms with E-state index in [0.29, 0.717) is 0 Å². The van der Waals surface area contributed by atoms with Gasteiger partial charge >= 0.3 is 11.9 Å². The minimum atomic E-state index is -1.22. The highest BCUT2D eigenvalue weighted by atomic mass is 16.5. The molecule has 4 amide bonds. The molecular formula is C19H24N4O8. The van der Waals surface area contributed by atoms with Gasteiger partial charge in [-0.1, -0.05) is 30.3 Å². The number of nitrogens with one attached hydrogen (secondary N) is 4. The number of hydrogen-bond acceptors (Lipinski definition) is 7. The third-order valence-corrected chi connectivity index (χ3v) is 3.58. The SMILES string of the molecule is O=C(O)CNC(=O)CNC(=O)CCC(=O)NCC(=O)NCC(=O)OCc1ccccc1. The van der Waals surface area contributed by atoms with E-state index < -0.39 is 48.7 Å². The molecule has 1 aromatic rings. The van der Waals surface area contributed by atoms with E-state index in [1.165, 1.54) is 0 Å². The molecule has 0 bridgehead atoms. The lowest BCUT2D eigenvalue weighted by atomic mass is 10.2. The van der Waals surface area contributed by atoms with Crippen LogP contribution in [0.2, 0.25) is 0 Å². The van der Waals surface area contributed by atoms with E-state index in [4.69, 9.17) is 9.84 Å². The fourth-order valence-corrected chi connectivity index (χ4v) is 2.02. The Kier molecular flexibility index (Phi) is 11.4. The summed E-state index contributed by atoms with van der Waals surface area (Å²) in [6, 6.07) is 9.01. The first-order valence-electron chi connectivity index (χ1n) is 9.24. The van der Waals surface area contributed by atoms with Gasteiger partial charge in [-0.3, -0.25) is 28.8 Å². The normalized spacial score (nSPS) is 9.81. The molecule has 1 rings (SSSR count). The van der Waals surface area contributed by atoms with Crippen molar-refractivity contribution in [3.05, 3.63) is 35.9 Å². The largest absolute Gasteiger partial charge is 0.480 e. The second kappa shape index (κ2) is 14.1. The van der Waals surface area contributed by atoms with Gasteiger partial charge in [0.25, 0.3) is 0 Å². The molecule has 12 heteroatoms. The molecule has 1 aromatic carbocycles. The zero-order valence-corrected chi connectivity index (χ0v) is 16.6. The van der Waals surface area contributed by atoms with Gasteiger partial charge < -0.3 is 31.1 Å². The smallest absolute Gasteiger partial charge is 0.325 e. The Morgan fingerprint density at radius 1 is 0.677 bits per heavy atom. The number of ether oxygens (including phenoxy) is 1. The molecule has 0 unspecified atom stereocenters. The van der Waals surface area contributed by atoms with Crippen LogP contribution in [0.15, 0.2) is 30.3 Å². The molecule has 0 spiro atoms. The zero-order valence-electron chi connectivity index (χ0n) is 16.6. The first kappa shape index (κ1) is 25.1. The highest BCUT2D eigenvalue weighted by molar-refractivity contribution is 5.90. The molecule has 5 N–H and O–H groups in total. The van der Waals surface area contributed by atoms with Crippen molar-refractivity contribution in [2.75, 3.05) is 26.2 Å². The highest BCUT2D eigenvalue weighted by Gasteiger charge is 2.11. The molecule has 0 fully saturated rings. The van der Waals surface area contributed by atoms with Crippen LogP contribution in [0.3, 0.4) is 0 Å². The molecule has 168 valence electrons. The summed E-state index contributed by atoms with van der Waals surface area (Å²) in [5.74, 6) is -4.31. The number of rotatable bonds is 13. The van der Waals surface area contributed by atoms with Crippen molar-refractivity contribution in [1.29, 1.82) is 0 Å². The molecule has 0 radical (unpaired) electrons. The Morgan fingerprint density at radius 2 is 1.16 bits per heavy atom. The Bertz CT molecular complexity index is 797. The lowest BCUT2D eigenvalue weighted by Crippen LogP contribution is -2.40. The van der Waals surface area contributed by atoms with Crippen molar-refractivity contribution in [3.63, 3.8) is 0 Å². The van der Waals surface area contributed by atoms with Crippen LogP contribution >= 0.6 is 0 Å². The predicted octanol–water partition coefficient (Wildman–Crippen LogP) is -1.94. The molecule has 31 heavy (non-hydrogen) atoms. The van der Waals surface area contributed by atoms with Crippen molar-refractivity contribution >= 4 is 35.6 Å². The molecule has 0 aliphatic rings. The number of carbonyl (C=O) groups is 6. The van der Waals surface area contributed by atoms with E-state index in [1.54, 1.807) is 24.3 Å². The minimum Gasteiger partial charge on any atom is -0.480 e. The number of carboxylic acids is 1. The van der Waals surface area contributed by atoms with E-state index >= 15 is 0 Å². The second-order valence-corrected chi connectivity index (χ2v) is 6.15. The average Bonchev–Trinajstić information content (AvgIpc) is 2.76. The summed E-state index contributed by atoms with van der Waals surface area (Å²) in [7, 11) is 0. The van der Waals surface area contributed by atoms with Crippen molar-refractivity contribution in [3.8, 4) is 0 Å². The van der Waals surface area contributed by atoms with E-state index in [9.17, 15) is 28.8 Å². The van der Waals surface area contributed by atoms with Crippen LogP contribution in [0, 0.1) is 0 Å². The van der Waals surface area contributed by atoms with Crippen LogP contribution in [0.4, 0.5) is 0 Å². The summed E-state index contributed by atoms with van der Waals surface area (Å²) < 4.78 is 4.99. The minimum absolute atomic E-state index is 0.0789. The number of carboxylic acid groups (broad SMARTS) is 1. The van der Waals surface area contributed by atoms with Crippen molar-refractivity contribution in [1.82, 2.24) is 21.3 Å². The summed E-state index contributed by atoms with van der Waals surface area (Å²) in [6.07, 6.45) is -0.458. The van der Waals surface area contributed by atoms with E-state index in [1.807, 2.05) is 6.07 Å². The maximum Gasteiger partial charge on any atom is 0.325 e. The summed E-state index contributed by atoms with van der Waals surface area (Å²) in [5.41, 5.74) is 0.805. The maximum absolute atomic E-state index is 11.7. The molecule has 0 aliphatic carbocycles. The van der Waals surface area contributed by atoms with Gasteiger partial charge in [-0.15, -0.1) is 0 Å². The molecule has 0 atom stereocenters. The molecule has 0 aliphatic heterocycles. The number of aliphatic carboxylic acids is 1. The number of amides is 4. The van der Waals surface area contributed by atoms with Gasteiger partial charge in [0.1, 0.15) is 19.7 Å². The average molecular weight is 436 g/mol. The first-order valence-corrected chi connectivity index (χ1v) is 9.24. The summed E-state index contributed by atoms with van der Waals surface area (Å²) >= 11 is 0. The van der Waals surface area contributed by atoms with Gasteiger partial charge in [0.2, 0.25) is 23.6 Å². The van der Waals surface area contributed by atoms with Gasteiger partial charge in [0.05, 0.1) is 13.1 Å². The number of carbonyl (C=O) groups excluding carboxylic acids is 5. The molecular weight excluding hydrogens is 412 g/mol.